The van der Waals surface area contributed by atoms with Gasteiger partial charge in [0, 0.05) is 12.6 Å². The third kappa shape index (κ3) is 3.70. The van der Waals surface area contributed by atoms with Crippen LogP contribution in [0.1, 0.15) is 12.0 Å². The SMILES string of the molecule is COc1cc(F)c(CCNC(=O)CC#N)cc1F. The number of nitriles is 1. The van der Waals surface area contributed by atoms with Crippen LogP contribution in [0.5, 0.6) is 5.75 Å². The van der Waals surface area contributed by atoms with Crippen LogP contribution in [0.25, 0.3) is 0 Å². The molecular weight excluding hydrogens is 242 g/mol. The first-order valence-corrected chi connectivity index (χ1v) is 5.24. The lowest BCUT2D eigenvalue weighted by Crippen LogP contribution is -2.25. The van der Waals surface area contributed by atoms with Gasteiger partial charge >= 0.3 is 0 Å². The molecule has 0 atom stereocenters. The number of benzene rings is 1. The first-order chi connectivity index (χ1) is 8.58. The van der Waals surface area contributed by atoms with Gasteiger partial charge in [-0.1, -0.05) is 0 Å². The summed E-state index contributed by atoms with van der Waals surface area (Å²) in [5, 5.41) is 10.7. The highest BCUT2D eigenvalue weighted by Gasteiger charge is 2.10. The lowest BCUT2D eigenvalue weighted by molar-refractivity contribution is -0.120. The summed E-state index contributed by atoms with van der Waals surface area (Å²) in [4.78, 5) is 11.0. The molecule has 1 N–H and O–H groups in total. The molecule has 1 amide bonds. The zero-order valence-corrected chi connectivity index (χ0v) is 9.80. The summed E-state index contributed by atoms with van der Waals surface area (Å²) in [7, 11) is 1.25. The van der Waals surface area contributed by atoms with Crippen LogP contribution in [0.3, 0.4) is 0 Å². The molecule has 1 aromatic rings. The Morgan fingerprint density at radius 1 is 1.44 bits per heavy atom. The Hall–Kier alpha value is -2.16. The van der Waals surface area contributed by atoms with Crippen molar-refractivity contribution < 1.29 is 18.3 Å². The molecule has 0 aliphatic heterocycles. The molecule has 0 aliphatic rings. The van der Waals surface area contributed by atoms with Gasteiger partial charge in [0.2, 0.25) is 5.91 Å². The highest BCUT2D eigenvalue weighted by Crippen LogP contribution is 2.21. The van der Waals surface area contributed by atoms with E-state index in [1.807, 2.05) is 0 Å². The molecule has 0 saturated heterocycles. The van der Waals surface area contributed by atoms with Crippen LogP contribution in [0.2, 0.25) is 0 Å². The summed E-state index contributed by atoms with van der Waals surface area (Å²) in [6.07, 6.45) is -0.108. The Morgan fingerprint density at radius 3 is 2.78 bits per heavy atom. The van der Waals surface area contributed by atoms with Crippen molar-refractivity contribution in [1.29, 1.82) is 5.26 Å². The zero-order chi connectivity index (χ0) is 13.5. The molecule has 0 radical (unpaired) electrons. The van der Waals surface area contributed by atoms with Crippen molar-refractivity contribution in [3.8, 4) is 11.8 Å². The normalized spacial score (nSPS) is 9.67. The average molecular weight is 254 g/mol. The van der Waals surface area contributed by atoms with E-state index in [0.29, 0.717) is 0 Å². The van der Waals surface area contributed by atoms with Gasteiger partial charge in [0.15, 0.2) is 11.6 Å². The minimum absolute atomic E-state index is 0.142. The molecule has 0 bridgehead atoms. The zero-order valence-electron chi connectivity index (χ0n) is 9.80. The Bertz CT molecular complexity index is 484. The van der Waals surface area contributed by atoms with Gasteiger partial charge in [-0.15, -0.1) is 0 Å². The number of halogens is 2. The Kier molecular flexibility index (Phi) is 5.06. The fourth-order valence-corrected chi connectivity index (χ4v) is 1.39. The molecule has 0 unspecified atom stereocenters. The van der Waals surface area contributed by atoms with Gasteiger partial charge in [0.1, 0.15) is 12.2 Å². The summed E-state index contributed by atoms with van der Waals surface area (Å²) >= 11 is 0. The van der Waals surface area contributed by atoms with Crippen LogP contribution >= 0.6 is 0 Å². The number of ether oxygens (including phenoxy) is 1. The monoisotopic (exact) mass is 254 g/mol. The van der Waals surface area contributed by atoms with Crippen molar-refractivity contribution in [3.05, 3.63) is 29.3 Å². The third-order valence-corrected chi connectivity index (χ3v) is 2.28. The predicted octanol–water partition coefficient (Wildman–Crippen LogP) is 1.55. The van der Waals surface area contributed by atoms with E-state index in [4.69, 9.17) is 5.26 Å². The number of amides is 1. The lowest BCUT2D eigenvalue weighted by atomic mass is 10.1. The second kappa shape index (κ2) is 6.55. The molecule has 96 valence electrons. The molecule has 0 aliphatic carbocycles. The maximum atomic E-state index is 13.5. The van der Waals surface area contributed by atoms with Gasteiger partial charge in [0.25, 0.3) is 0 Å². The van der Waals surface area contributed by atoms with E-state index < -0.39 is 17.5 Å². The Labute approximate surface area is 103 Å². The molecular formula is C12H12F2N2O2. The van der Waals surface area contributed by atoms with Gasteiger partial charge in [-0.05, 0) is 18.1 Å². The van der Waals surface area contributed by atoms with Gasteiger partial charge in [-0.3, -0.25) is 4.79 Å². The van der Waals surface area contributed by atoms with Gasteiger partial charge in [-0.25, -0.2) is 8.78 Å². The number of hydrogen-bond donors (Lipinski definition) is 1. The van der Waals surface area contributed by atoms with Gasteiger partial charge in [0.05, 0.1) is 13.2 Å². The van der Waals surface area contributed by atoms with Gasteiger partial charge < -0.3 is 10.1 Å². The van der Waals surface area contributed by atoms with Crippen molar-refractivity contribution in [3.63, 3.8) is 0 Å². The number of nitrogens with zero attached hydrogens (tertiary/aromatic N) is 1. The maximum absolute atomic E-state index is 13.5. The van der Waals surface area contributed by atoms with Crippen molar-refractivity contribution in [2.24, 2.45) is 0 Å². The first kappa shape index (κ1) is 13.9. The van der Waals surface area contributed by atoms with Crippen LogP contribution in [0.4, 0.5) is 8.78 Å². The number of carbonyl (C=O) groups is 1. The molecule has 4 nitrogen and oxygen atoms in total. The number of hydrogen-bond acceptors (Lipinski definition) is 3. The largest absolute Gasteiger partial charge is 0.494 e. The van der Waals surface area contributed by atoms with Crippen molar-refractivity contribution in [1.82, 2.24) is 5.32 Å². The highest BCUT2D eigenvalue weighted by atomic mass is 19.1. The number of rotatable bonds is 5. The predicted molar refractivity (Wildman–Crippen MR) is 59.9 cm³/mol. The topological polar surface area (TPSA) is 62.1 Å². The molecule has 1 aromatic carbocycles. The second-order valence-corrected chi connectivity index (χ2v) is 3.51. The Morgan fingerprint density at radius 2 is 2.17 bits per heavy atom. The minimum Gasteiger partial charge on any atom is -0.494 e. The fraction of sp³-hybridized carbons (Fsp3) is 0.333. The summed E-state index contributed by atoms with van der Waals surface area (Å²) in [5.74, 6) is -1.85. The fourth-order valence-electron chi connectivity index (χ4n) is 1.39. The van der Waals surface area contributed by atoms with Crippen LogP contribution in [-0.4, -0.2) is 19.6 Å². The van der Waals surface area contributed by atoms with Crippen molar-refractivity contribution in [2.75, 3.05) is 13.7 Å². The number of methoxy groups -OCH3 is 1. The van der Waals surface area contributed by atoms with E-state index >= 15 is 0 Å². The molecule has 0 aromatic heterocycles. The maximum Gasteiger partial charge on any atom is 0.234 e. The molecule has 0 spiro atoms. The molecule has 1 rings (SSSR count). The van der Waals surface area contributed by atoms with E-state index in [1.165, 1.54) is 7.11 Å². The molecule has 0 fully saturated rings. The quantitative estimate of drug-likeness (QED) is 0.867. The van der Waals surface area contributed by atoms with Crippen LogP contribution in [-0.2, 0) is 11.2 Å². The molecule has 0 heterocycles. The summed E-state index contributed by atoms with van der Waals surface area (Å²) < 4.78 is 31.4. The second-order valence-electron chi connectivity index (χ2n) is 3.51. The minimum atomic E-state index is -0.655. The summed E-state index contributed by atoms with van der Waals surface area (Å²) in [6, 6.07) is 3.68. The van der Waals surface area contributed by atoms with Crippen molar-refractivity contribution >= 4 is 5.91 Å². The lowest BCUT2D eigenvalue weighted by Gasteiger charge is -2.07. The first-order valence-electron chi connectivity index (χ1n) is 5.24. The number of carbonyl (C=O) groups excluding carboxylic acids is 1. The van der Waals surface area contributed by atoms with Crippen molar-refractivity contribution in [2.45, 2.75) is 12.8 Å². The van der Waals surface area contributed by atoms with E-state index in [0.717, 1.165) is 12.1 Å². The van der Waals surface area contributed by atoms with E-state index in [-0.39, 0.29) is 30.7 Å². The van der Waals surface area contributed by atoms with E-state index in [9.17, 15) is 13.6 Å². The van der Waals surface area contributed by atoms with Crippen LogP contribution in [0, 0.1) is 23.0 Å². The van der Waals surface area contributed by atoms with E-state index in [2.05, 4.69) is 10.1 Å². The smallest absolute Gasteiger partial charge is 0.234 e. The van der Waals surface area contributed by atoms with Crippen LogP contribution in [0.15, 0.2) is 12.1 Å². The van der Waals surface area contributed by atoms with Crippen LogP contribution < -0.4 is 10.1 Å². The average Bonchev–Trinajstić information content (AvgIpc) is 2.33. The molecule has 18 heavy (non-hydrogen) atoms. The standard InChI is InChI=1S/C12H12F2N2O2/c1-18-11-7-9(13)8(6-10(11)14)3-5-16-12(17)2-4-15/h6-7H,2-3,5H2,1H3,(H,16,17). The molecule has 6 heteroatoms. The Balaban J connectivity index is 2.61. The number of nitrogens with one attached hydrogen (secondary N) is 1. The van der Waals surface area contributed by atoms with E-state index in [1.54, 1.807) is 6.07 Å². The third-order valence-electron chi connectivity index (χ3n) is 2.28. The highest BCUT2D eigenvalue weighted by molar-refractivity contribution is 5.77. The summed E-state index contributed by atoms with van der Waals surface area (Å²) in [5.41, 5.74) is 0.144. The van der Waals surface area contributed by atoms with Gasteiger partial charge in [-0.2, -0.15) is 5.26 Å². The molecule has 0 saturated carbocycles. The summed E-state index contributed by atoms with van der Waals surface area (Å²) in [6.45, 7) is 0.142.